The molecule has 0 spiro atoms. The molecule has 1 amide bonds. The average Bonchev–Trinajstić information content (AvgIpc) is 3.18. The predicted molar refractivity (Wildman–Crippen MR) is 115 cm³/mol. The standard InChI is InChI=1S/C23H22FNO5S/c1-15(22(26)25-10-12-28-13-11-25)30-23(27)21-17(14-29-16-6-3-2-4-7-16)20-18(24)8-5-9-19(20)31-21/h2-9,15H,10-14H2,1H3/t15-/m1/s1. The maximum atomic E-state index is 14.6. The maximum absolute atomic E-state index is 14.6. The van der Waals surface area contributed by atoms with Crippen LogP contribution in [0, 0.1) is 5.82 Å². The molecule has 1 aromatic heterocycles. The summed E-state index contributed by atoms with van der Waals surface area (Å²) in [4.78, 5) is 27.4. The molecule has 0 aliphatic carbocycles. The molecule has 1 atom stereocenters. The van der Waals surface area contributed by atoms with Gasteiger partial charge in [0.05, 0.1) is 13.2 Å². The zero-order chi connectivity index (χ0) is 21.8. The number of hydrogen-bond donors (Lipinski definition) is 0. The van der Waals surface area contributed by atoms with E-state index in [0.717, 1.165) is 11.3 Å². The number of para-hydroxylation sites is 1. The molecule has 0 saturated carbocycles. The van der Waals surface area contributed by atoms with E-state index in [-0.39, 0.29) is 17.4 Å². The van der Waals surface area contributed by atoms with Crippen LogP contribution in [0.15, 0.2) is 48.5 Å². The van der Waals surface area contributed by atoms with E-state index in [1.165, 1.54) is 6.07 Å². The zero-order valence-corrected chi connectivity index (χ0v) is 17.8. The lowest BCUT2D eigenvalue weighted by Crippen LogP contribution is -2.46. The van der Waals surface area contributed by atoms with Gasteiger partial charge in [-0.2, -0.15) is 0 Å². The Morgan fingerprint density at radius 2 is 1.87 bits per heavy atom. The molecule has 3 aromatic rings. The maximum Gasteiger partial charge on any atom is 0.349 e. The van der Waals surface area contributed by atoms with E-state index in [2.05, 4.69) is 0 Å². The lowest BCUT2D eigenvalue weighted by molar-refractivity contribution is -0.143. The Bertz CT molecular complexity index is 1080. The zero-order valence-electron chi connectivity index (χ0n) is 17.0. The van der Waals surface area contributed by atoms with E-state index >= 15 is 0 Å². The Labute approximate surface area is 183 Å². The second kappa shape index (κ2) is 9.45. The van der Waals surface area contributed by atoms with Gasteiger partial charge in [-0.15, -0.1) is 11.3 Å². The van der Waals surface area contributed by atoms with Crippen molar-refractivity contribution in [3.05, 3.63) is 64.8 Å². The summed E-state index contributed by atoms with van der Waals surface area (Å²) in [6, 6.07) is 13.8. The van der Waals surface area contributed by atoms with Crippen molar-refractivity contribution < 1.29 is 28.2 Å². The molecule has 0 bridgehead atoms. The van der Waals surface area contributed by atoms with Crippen molar-refractivity contribution >= 4 is 33.3 Å². The molecule has 31 heavy (non-hydrogen) atoms. The van der Waals surface area contributed by atoms with Crippen LogP contribution < -0.4 is 4.74 Å². The number of rotatable bonds is 6. The number of ether oxygens (including phenoxy) is 3. The summed E-state index contributed by atoms with van der Waals surface area (Å²) in [6.07, 6.45) is -0.955. The molecule has 8 heteroatoms. The van der Waals surface area contributed by atoms with Crippen LogP contribution in [-0.2, 0) is 20.9 Å². The van der Waals surface area contributed by atoms with Gasteiger partial charge in [0.25, 0.3) is 5.91 Å². The smallest absolute Gasteiger partial charge is 0.349 e. The number of morpholine rings is 1. The minimum absolute atomic E-state index is 0.00116. The predicted octanol–water partition coefficient (Wildman–Crippen LogP) is 4.02. The molecule has 0 radical (unpaired) electrons. The average molecular weight is 443 g/mol. The van der Waals surface area contributed by atoms with Gasteiger partial charge < -0.3 is 19.1 Å². The molecule has 1 aliphatic heterocycles. The summed E-state index contributed by atoms with van der Waals surface area (Å²) in [5, 5.41) is 0.336. The number of hydrogen-bond acceptors (Lipinski definition) is 6. The summed E-state index contributed by atoms with van der Waals surface area (Å²) >= 11 is 1.13. The van der Waals surface area contributed by atoms with Crippen LogP contribution in [-0.4, -0.2) is 49.2 Å². The van der Waals surface area contributed by atoms with E-state index < -0.39 is 17.9 Å². The van der Waals surface area contributed by atoms with Crippen LogP contribution in [0.4, 0.5) is 4.39 Å². The fourth-order valence-corrected chi connectivity index (χ4v) is 4.55. The second-order valence-corrected chi connectivity index (χ2v) is 8.16. The van der Waals surface area contributed by atoms with Gasteiger partial charge in [0.1, 0.15) is 23.1 Å². The minimum atomic E-state index is -0.955. The Balaban J connectivity index is 1.57. The summed E-state index contributed by atoms with van der Waals surface area (Å²) in [7, 11) is 0. The van der Waals surface area contributed by atoms with E-state index in [1.54, 1.807) is 36.1 Å². The summed E-state index contributed by atoms with van der Waals surface area (Å²) in [5.41, 5.74) is 0.415. The van der Waals surface area contributed by atoms with Crippen LogP contribution >= 0.6 is 11.3 Å². The number of carbonyl (C=O) groups excluding carboxylic acids is 2. The second-order valence-electron chi connectivity index (χ2n) is 7.11. The first-order valence-electron chi connectivity index (χ1n) is 10.00. The van der Waals surface area contributed by atoms with Crippen LogP contribution in [0.5, 0.6) is 5.75 Å². The normalized spacial score (nSPS) is 15.0. The molecule has 4 rings (SSSR count). The van der Waals surface area contributed by atoms with Crippen LogP contribution in [0.1, 0.15) is 22.2 Å². The summed E-state index contributed by atoms with van der Waals surface area (Å²) in [5.74, 6) is -0.766. The minimum Gasteiger partial charge on any atom is -0.489 e. The van der Waals surface area contributed by atoms with Gasteiger partial charge in [0, 0.05) is 28.7 Å². The van der Waals surface area contributed by atoms with Gasteiger partial charge in [-0.25, -0.2) is 9.18 Å². The number of halogens is 1. The third-order valence-corrected chi connectivity index (χ3v) is 6.21. The number of nitrogens with zero attached hydrogens (tertiary/aromatic N) is 1. The molecule has 1 fully saturated rings. The van der Waals surface area contributed by atoms with E-state index in [4.69, 9.17) is 14.2 Å². The van der Waals surface area contributed by atoms with Crippen molar-refractivity contribution in [3.8, 4) is 5.75 Å². The first-order valence-corrected chi connectivity index (χ1v) is 10.8. The number of esters is 1. The number of fused-ring (bicyclic) bond motifs is 1. The number of thiophene rings is 1. The highest BCUT2D eigenvalue weighted by molar-refractivity contribution is 7.21. The van der Waals surface area contributed by atoms with Crippen molar-refractivity contribution in [1.82, 2.24) is 4.90 Å². The SMILES string of the molecule is C[C@@H](OC(=O)c1sc2cccc(F)c2c1COc1ccccc1)C(=O)N1CCOCC1. The molecule has 2 heterocycles. The molecule has 1 saturated heterocycles. The van der Waals surface area contributed by atoms with Crippen LogP contribution in [0.2, 0.25) is 0 Å². The Morgan fingerprint density at radius 1 is 1.13 bits per heavy atom. The fourth-order valence-electron chi connectivity index (χ4n) is 3.45. The fraction of sp³-hybridized carbons (Fsp3) is 0.304. The topological polar surface area (TPSA) is 65.1 Å². The lowest BCUT2D eigenvalue weighted by Gasteiger charge is -2.28. The molecular formula is C23H22FNO5S. The highest BCUT2D eigenvalue weighted by Gasteiger charge is 2.28. The number of benzene rings is 2. The highest BCUT2D eigenvalue weighted by atomic mass is 32.1. The van der Waals surface area contributed by atoms with Crippen LogP contribution in [0.3, 0.4) is 0 Å². The van der Waals surface area contributed by atoms with Gasteiger partial charge in [-0.1, -0.05) is 24.3 Å². The van der Waals surface area contributed by atoms with E-state index in [9.17, 15) is 14.0 Å². The molecule has 6 nitrogen and oxygen atoms in total. The monoisotopic (exact) mass is 443 g/mol. The molecule has 162 valence electrons. The van der Waals surface area contributed by atoms with Crippen LogP contribution in [0.25, 0.3) is 10.1 Å². The third kappa shape index (κ3) is 4.70. The van der Waals surface area contributed by atoms with Crippen molar-refractivity contribution in [1.29, 1.82) is 0 Å². The quantitative estimate of drug-likeness (QED) is 0.539. The van der Waals surface area contributed by atoms with Crippen molar-refractivity contribution in [3.63, 3.8) is 0 Å². The molecule has 0 unspecified atom stereocenters. The van der Waals surface area contributed by atoms with Gasteiger partial charge in [-0.05, 0) is 31.2 Å². The highest BCUT2D eigenvalue weighted by Crippen LogP contribution is 2.35. The Hall–Kier alpha value is -2.97. The first-order chi connectivity index (χ1) is 15.0. The van der Waals surface area contributed by atoms with Gasteiger partial charge in [-0.3, -0.25) is 4.79 Å². The van der Waals surface area contributed by atoms with Crippen molar-refractivity contribution in [2.45, 2.75) is 19.6 Å². The summed E-state index contributed by atoms with van der Waals surface area (Å²) < 4.78 is 31.8. The Morgan fingerprint density at radius 3 is 2.61 bits per heavy atom. The largest absolute Gasteiger partial charge is 0.489 e. The molecule has 1 aliphatic rings. The third-order valence-electron chi connectivity index (χ3n) is 5.03. The summed E-state index contributed by atoms with van der Waals surface area (Å²) in [6.45, 7) is 3.40. The molecular weight excluding hydrogens is 421 g/mol. The molecule has 0 N–H and O–H groups in total. The number of carbonyl (C=O) groups is 2. The van der Waals surface area contributed by atoms with Crippen molar-refractivity contribution in [2.24, 2.45) is 0 Å². The van der Waals surface area contributed by atoms with Gasteiger partial charge in [0.15, 0.2) is 6.10 Å². The Kier molecular flexibility index (Phi) is 6.48. The van der Waals surface area contributed by atoms with E-state index in [0.29, 0.717) is 47.7 Å². The first kappa shape index (κ1) is 21.3. The van der Waals surface area contributed by atoms with Gasteiger partial charge in [0.2, 0.25) is 0 Å². The van der Waals surface area contributed by atoms with E-state index in [1.807, 2.05) is 18.2 Å². The number of amides is 1. The molecule has 2 aromatic carbocycles. The lowest BCUT2D eigenvalue weighted by atomic mass is 10.1. The van der Waals surface area contributed by atoms with Gasteiger partial charge >= 0.3 is 5.97 Å². The van der Waals surface area contributed by atoms with Crippen molar-refractivity contribution in [2.75, 3.05) is 26.3 Å².